The van der Waals surface area contributed by atoms with Gasteiger partial charge in [-0.2, -0.15) is 0 Å². The fraction of sp³-hybridized carbons (Fsp3) is 0.333. The van der Waals surface area contributed by atoms with Crippen molar-refractivity contribution < 1.29 is 44.0 Å². The quantitative estimate of drug-likeness (QED) is 0.440. The summed E-state index contributed by atoms with van der Waals surface area (Å²) in [6.07, 6.45) is 0.242. The Hall–Kier alpha value is -3.50. The number of carboxylic acids is 4. The zero-order valence-corrected chi connectivity index (χ0v) is 20.2. The molecule has 1 aliphatic heterocycles. The van der Waals surface area contributed by atoms with Gasteiger partial charge in [0.1, 0.15) is 0 Å². The lowest BCUT2D eigenvalue weighted by Crippen LogP contribution is -2.60. The van der Waals surface area contributed by atoms with Gasteiger partial charge in [-0.25, -0.2) is 19.2 Å². The largest absolute Gasteiger partial charge is 0.478 e. The van der Waals surface area contributed by atoms with Crippen molar-refractivity contribution in [2.45, 2.75) is 50.4 Å². The van der Waals surface area contributed by atoms with Crippen molar-refractivity contribution in [3.63, 3.8) is 0 Å². The van der Waals surface area contributed by atoms with E-state index in [0.717, 1.165) is 0 Å². The Morgan fingerprint density at radius 1 is 0.765 bits per heavy atom. The topological polar surface area (TPSA) is 158 Å². The summed E-state index contributed by atoms with van der Waals surface area (Å²) in [5, 5.41) is 39.6. The summed E-state index contributed by atoms with van der Waals surface area (Å²) < 4.78 is 6.51. The Balaban J connectivity index is 2.58. The van der Waals surface area contributed by atoms with Crippen molar-refractivity contribution in [1.29, 1.82) is 0 Å². The van der Waals surface area contributed by atoms with Gasteiger partial charge in [-0.3, -0.25) is 0 Å². The van der Waals surface area contributed by atoms with Crippen LogP contribution in [0.1, 0.15) is 72.8 Å². The van der Waals surface area contributed by atoms with Crippen LogP contribution in [0, 0.1) is 0 Å². The van der Waals surface area contributed by atoms with Crippen molar-refractivity contribution >= 4 is 32.2 Å². The van der Waals surface area contributed by atoms with Gasteiger partial charge in [0.15, 0.2) is 8.32 Å². The van der Waals surface area contributed by atoms with E-state index in [9.17, 15) is 39.6 Å². The molecule has 9 nitrogen and oxygen atoms in total. The molecular weight excluding hydrogens is 460 g/mol. The molecule has 1 fully saturated rings. The molecule has 3 rings (SSSR count). The van der Waals surface area contributed by atoms with Crippen LogP contribution >= 0.6 is 0 Å². The Morgan fingerprint density at radius 3 is 1.50 bits per heavy atom. The second-order valence-corrected chi connectivity index (χ2v) is 13.7. The molecule has 10 heteroatoms. The van der Waals surface area contributed by atoms with Gasteiger partial charge in [0.05, 0.1) is 27.9 Å². The van der Waals surface area contributed by atoms with Crippen molar-refractivity contribution in [2.24, 2.45) is 0 Å². The molecule has 34 heavy (non-hydrogen) atoms. The molecule has 0 radical (unpaired) electrons. The minimum atomic E-state index is -2.27. The summed E-state index contributed by atoms with van der Waals surface area (Å²) >= 11 is 0. The van der Waals surface area contributed by atoms with Gasteiger partial charge in [0, 0.05) is 5.41 Å². The second-order valence-electron chi connectivity index (χ2n) is 9.45. The fourth-order valence-corrected chi connectivity index (χ4v) is 7.95. The van der Waals surface area contributed by atoms with Crippen molar-refractivity contribution in [2.75, 3.05) is 0 Å². The molecular formula is C24H26O9Si. The van der Waals surface area contributed by atoms with Crippen LogP contribution in [-0.2, 0) is 9.84 Å². The minimum Gasteiger partial charge on any atom is -0.478 e. The van der Waals surface area contributed by atoms with Gasteiger partial charge < -0.3 is 24.9 Å². The highest BCUT2D eigenvalue weighted by atomic mass is 28.4. The fourth-order valence-electron chi connectivity index (χ4n) is 5.31. The maximum atomic E-state index is 12.4. The first-order valence-electron chi connectivity index (χ1n) is 10.6. The number of benzene rings is 2. The van der Waals surface area contributed by atoms with Gasteiger partial charge in [0.25, 0.3) is 0 Å². The van der Waals surface area contributed by atoms with E-state index in [4.69, 9.17) is 4.43 Å². The molecule has 0 saturated carbocycles. The standard InChI is InChI=1S/C24H26O9Si/c1-23(2)24(11-12-34(3,4)33-23,15-9-5-7-13(19(25)26)17(15)21(29)30)16-10-6-8-14(20(27)28)18(16)22(31)32/h5-10H,11-12H2,1-4H3,(H,25,26)(H,27,28)(H,29,30)(H,31,32). The lowest BCUT2D eigenvalue weighted by Gasteiger charge is -2.56. The molecule has 0 atom stereocenters. The lowest BCUT2D eigenvalue weighted by atomic mass is 9.60. The third-order valence-electron chi connectivity index (χ3n) is 6.60. The summed E-state index contributed by atoms with van der Waals surface area (Å²) in [5.74, 6) is -5.87. The first-order chi connectivity index (χ1) is 15.7. The molecule has 0 spiro atoms. The molecule has 2 aromatic carbocycles. The summed E-state index contributed by atoms with van der Waals surface area (Å²) in [5.41, 5.74) is -4.39. The van der Waals surface area contributed by atoms with E-state index in [0.29, 0.717) is 6.04 Å². The second kappa shape index (κ2) is 8.37. The van der Waals surface area contributed by atoms with Crippen LogP contribution in [0.5, 0.6) is 0 Å². The van der Waals surface area contributed by atoms with Crippen LogP contribution in [0.25, 0.3) is 0 Å². The maximum absolute atomic E-state index is 12.4. The number of carbonyl (C=O) groups is 4. The van der Waals surface area contributed by atoms with Crippen molar-refractivity contribution in [3.8, 4) is 0 Å². The number of carboxylic acid groups (broad SMARTS) is 4. The van der Waals surface area contributed by atoms with E-state index >= 15 is 0 Å². The summed E-state index contributed by atoms with van der Waals surface area (Å²) in [4.78, 5) is 48.6. The third-order valence-corrected chi connectivity index (χ3v) is 9.12. The Bertz CT molecular complexity index is 1140. The van der Waals surface area contributed by atoms with Gasteiger partial charge in [-0.05, 0) is 62.7 Å². The SMILES string of the molecule is CC1(C)O[Si](C)(C)CCC1(c1cccc(C(=O)O)c1C(=O)O)c1cccc(C(=O)O)c1C(=O)O. The van der Waals surface area contributed by atoms with E-state index in [1.165, 1.54) is 36.4 Å². The molecule has 1 heterocycles. The molecule has 4 N–H and O–H groups in total. The minimum absolute atomic E-state index is 0.0689. The van der Waals surface area contributed by atoms with Crippen LogP contribution in [0.4, 0.5) is 0 Å². The highest BCUT2D eigenvalue weighted by molar-refractivity contribution is 6.71. The first-order valence-corrected chi connectivity index (χ1v) is 13.7. The van der Waals surface area contributed by atoms with E-state index in [1.807, 2.05) is 13.1 Å². The molecule has 0 aliphatic carbocycles. The maximum Gasteiger partial charge on any atom is 0.336 e. The van der Waals surface area contributed by atoms with Gasteiger partial charge in [-0.15, -0.1) is 0 Å². The molecule has 0 bridgehead atoms. The van der Waals surface area contributed by atoms with Crippen LogP contribution in [-0.4, -0.2) is 58.2 Å². The summed E-state index contributed by atoms with van der Waals surface area (Å²) in [7, 11) is -2.27. The molecule has 0 unspecified atom stereocenters. The Kier molecular flexibility index (Phi) is 6.19. The van der Waals surface area contributed by atoms with Crippen molar-refractivity contribution in [1.82, 2.24) is 0 Å². The van der Waals surface area contributed by atoms with Gasteiger partial charge in [0.2, 0.25) is 0 Å². The molecule has 2 aromatic rings. The monoisotopic (exact) mass is 486 g/mol. The number of hydrogen-bond donors (Lipinski definition) is 4. The smallest absolute Gasteiger partial charge is 0.336 e. The molecule has 1 saturated heterocycles. The Morgan fingerprint density at radius 2 is 1.18 bits per heavy atom. The van der Waals surface area contributed by atoms with Gasteiger partial charge in [-0.1, -0.05) is 24.3 Å². The molecule has 0 aromatic heterocycles. The van der Waals surface area contributed by atoms with Crippen LogP contribution in [0.2, 0.25) is 19.1 Å². The average molecular weight is 487 g/mol. The van der Waals surface area contributed by atoms with Crippen LogP contribution in [0.15, 0.2) is 36.4 Å². The van der Waals surface area contributed by atoms with E-state index in [1.54, 1.807) is 13.8 Å². The van der Waals surface area contributed by atoms with E-state index in [-0.39, 0.29) is 17.5 Å². The summed E-state index contributed by atoms with van der Waals surface area (Å²) in [6.45, 7) is 7.38. The zero-order valence-electron chi connectivity index (χ0n) is 19.2. The normalized spacial score (nSPS) is 18.1. The Labute approximate surface area is 196 Å². The molecule has 0 amide bonds. The lowest BCUT2D eigenvalue weighted by molar-refractivity contribution is 0.00723. The summed E-state index contributed by atoms with van der Waals surface area (Å²) in [6, 6.07) is 8.57. The van der Waals surface area contributed by atoms with E-state index in [2.05, 4.69) is 0 Å². The number of aromatic carboxylic acids is 4. The average Bonchev–Trinajstić information content (AvgIpc) is 2.71. The zero-order chi connectivity index (χ0) is 25.6. The van der Waals surface area contributed by atoms with Crippen LogP contribution < -0.4 is 0 Å². The highest BCUT2D eigenvalue weighted by Gasteiger charge is 2.57. The predicted molar refractivity (Wildman–Crippen MR) is 124 cm³/mol. The first kappa shape index (κ1) is 25.1. The van der Waals surface area contributed by atoms with Gasteiger partial charge >= 0.3 is 23.9 Å². The van der Waals surface area contributed by atoms with Crippen LogP contribution in [0.3, 0.4) is 0 Å². The number of hydrogen-bond acceptors (Lipinski definition) is 5. The molecule has 180 valence electrons. The molecule has 1 aliphatic rings. The third kappa shape index (κ3) is 3.88. The van der Waals surface area contributed by atoms with Crippen molar-refractivity contribution in [3.05, 3.63) is 69.8 Å². The predicted octanol–water partition coefficient (Wildman–Crippen LogP) is 4.17. The highest BCUT2D eigenvalue weighted by Crippen LogP contribution is 2.55. The number of rotatable bonds is 6. The van der Waals surface area contributed by atoms with E-state index < -0.39 is 65.5 Å².